The molecule has 2 aromatic heterocycles. The van der Waals surface area contributed by atoms with Crippen molar-refractivity contribution < 1.29 is 13.2 Å². The van der Waals surface area contributed by atoms with Gasteiger partial charge in [0.25, 0.3) is 0 Å². The van der Waals surface area contributed by atoms with Crippen LogP contribution < -0.4 is 16.4 Å². The molecule has 4 rings (SSSR count). The van der Waals surface area contributed by atoms with Crippen LogP contribution in [0.15, 0.2) is 30.5 Å². The second kappa shape index (κ2) is 8.81. The quantitative estimate of drug-likeness (QED) is 0.465. The highest BCUT2D eigenvalue weighted by atomic mass is 19.4. The van der Waals surface area contributed by atoms with E-state index < -0.39 is 11.7 Å². The molecule has 0 radical (unpaired) electrons. The van der Waals surface area contributed by atoms with E-state index in [2.05, 4.69) is 20.6 Å². The zero-order valence-electron chi connectivity index (χ0n) is 19.1. The summed E-state index contributed by atoms with van der Waals surface area (Å²) in [5, 5.41) is 6.38. The Kier molecular flexibility index (Phi) is 6.22. The lowest BCUT2D eigenvalue weighted by Crippen LogP contribution is -2.27. The van der Waals surface area contributed by atoms with Crippen LogP contribution in [0.1, 0.15) is 58.1 Å². The molecule has 33 heavy (non-hydrogen) atoms. The van der Waals surface area contributed by atoms with Crippen LogP contribution in [0.4, 0.5) is 30.8 Å². The molecule has 4 N–H and O–H groups in total. The molecular weight excluding hydrogens is 431 g/mol. The van der Waals surface area contributed by atoms with Gasteiger partial charge in [-0.05, 0) is 77.1 Å². The van der Waals surface area contributed by atoms with Crippen molar-refractivity contribution in [1.82, 2.24) is 19.5 Å². The zero-order chi connectivity index (χ0) is 23.8. The Morgan fingerprint density at radius 1 is 1.09 bits per heavy atom. The van der Waals surface area contributed by atoms with Crippen LogP contribution in [0.3, 0.4) is 0 Å². The normalized spacial score (nSPS) is 19.6. The number of rotatable bonds is 5. The molecule has 1 aliphatic rings. The summed E-state index contributed by atoms with van der Waals surface area (Å²) < 4.78 is 41.6. The van der Waals surface area contributed by atoms with Gasteiger partial charge in [-0.3, -0.25) is 4.57 Å². The van der Waals surface area contributed by atoms with Crippen LogP contribution in [0.2, 0.25) is 0 Å². The molecule has 3 aromatic rings. The third-order valence-electron chi connectivity index (χ3n) is 5.88. The number of imidazole rings is 1. The van der Waals surface area contributed by atoms with Crippen molar-refractivity contribution >= 4 is 28.7 Å². The molecule has 0 bridgehead atoms. The second-order valence-corrected chi connectivity index (χ2v) is 9.70. The Balaban J connectivity index is 1.75. The average molecular weight is 462 g/mol. The lowest BCUT2D eigenvalue weighted by atomic mass is 9.86. The number of nitrogens with zero attached hydrogens (tertiary/aromatic N) is 4. The third kappa shape index (κ3) is 5.38. The maximum atomic E-state index is 13.2. The largest absolute Gasteiger partial charge is 0.416 e. The van der Waals surface area contributed by atoms with Gasteiger partial charge in [0.2, 0.25) is 11.9 Å². The number of halogens is 3. The maximum Gasteiger partial charge on any atom is 0.416 e. The molecule has 1 saturated carbocycles. The van der Waals surface area contributed by atoms with Crippen molar-refractivity contribution in [3.05, 3.63) is 36.0 Å². The summed E-state index contributed by atoms with van der Waals surface area (Å²) >= 11 is 0. The van der Waals surface area contributed by atoms with Gasteiger partial charge in [-0.15, -0.1) is 0 Å². The van der Waals surface area contributed by atoms with Crippen LogP contribution in [0, 0.1) is 5.92 Å². The molecule has 0 saturated heterocycles. The molecule has 1 aromatic carbocycles. The molecule has 0 amide bonds. The summed E-state index contributed by atoms with van der Waals surface area (Å²) in [4.78, 5) is 13.8. The van der Waals surface area contributed by atoms with E-state index >= 15 is 0 Å². The minimum atomic E-state index is -4.42. The van der Waals surface area contributed by atoms with Gasteiger partial charge < -0.3 is 16.4 Å². The molecule has 0 atom stereocenters. The van der Waals surface area contributed by atoms with Crippen LogP contribution in [-0.4, -0.2) is 31.6 Å². The lowest BCUT2D eigenvalue weighted by molar-refractivity contribution is -0.137. The number of anilines is 3. The summed E-state index contributed by atoms with van der Waals surface area (Å²) in [6.45, 7) is 6.72. The summed E-state index contributed by atoms with van der Waals surface area (Å²) in [6, 6.07) is 5.24. The first-order valence-corrected chi connectivity index (χ1v) is 11.2. The highest BCUT2D eigenvalue weighted by Crippen LogP contribution is 2.37. The molecule has 7 nitrogen and oxygen atoms in total. The fraction of sp³-hybridized carbons (Fsp3) is 0.522. The minimum Gasteiger partial charge on any atom is -0.350 e. The molecule has 0 spiro atoms. The van der Waals surface area contributed by atoms with E-state index in [9.17, 15) is 13.2 Å². The smallest absolute Gasteiger partial charge is 0.350 e. The van der Waals surface area contributed by atoms with Crippen LogP contribution in [0.5, 0.6) is 0 Å². The first-order chi connectivity index (χ1) is 15.5. The average Bonchev–Trinajstić information content (AvgIpc) is 3.09. The predicted octanol–water partition coefficient (Wildman–Crippen LogP) is 5.49. The van der Waals surface area contributed by atoms with Gasteiger partial charge in [-0.25, -0.2) is 9.97 Å². The Hall–Kier alpha value is -2.88. The molecule has 0 aliphatic heterocycles. The molecule has 0 unspecified atom stereocenters. The van der Waals surface area contributed by atoms with Crippen molar-refractivity contribution in [2.24, 2.45) is 11.7 Å². The Morgan fingerprint density at radius 2 is 1.82 bits per heavy atom. The molecule has 10 heteroatoms. The number of nitrogens with two attached hydrogens (primary N) is 1. The van der Waals surface area contributed by atoms with Gasteiger partial charge in [-0.1, -0.05) is 6.07 Å². The van der Waals surface area contributed by atoms with E-state index in [1.54, 1.807) is 12.3 Å². The molecule has 178 valence electrons. The Bertz CT molecular complexity index is 1110. The van der Waals surface area contributed by atoms with Gasteiger partial charge >= 0.3 is 6.18 Å². The van der Waals surface area contributed by atoms with E-state index in [1.165, 1.54) is 6.07 Å². The summed E-state index contributed by atoms with van der Waals surface area (Å²) in [5.41, 5.74) is 6.49. The predicted molar refractivity (Wildman–Crippen MR) is 123 cm³/mol. The van der Waals surface area contributed by atoms with Gasteiger partial charge in [0.15, 0.2) is 5.65 Å². The lowest BCUT2D eigenvalue weighted by Gasteiger charge is -2.30. The number of hydrogen-bond acceptors (Lipinski definition) is 6. The number of benzene rings is 1. The second-order valence-electron chi connectivity index (χ2n) is 9.70. The van der Waals surface area contributed by atoms with Crippen LogP contribution >= 0.6 is 0 Å². The number of fused-ring (bicyclic) bond motifs is 1. The van der Waals surface area contributed by atoms with Gasteiger partial charge in [0, 0.05) is 17.3 Å². The fourth-order valence-corrected chi connectivity index (χ4v) is 4.26. The number of nitrogens with one attached hydrogen (secondary N) is 2. The van der Waals surface area contributed by atoms with E-state index in [-0.39, 0.29) is 11.6 Å². The van der Waals surface area contributed by atoms with Crippen LogP contribution in [-0.2, 0) is 6.18 Å². The number of aromatic nitrogens is 4. The standard InChI is InChI=1S/C23H30F3N7/c1-22(2,3)32-20-28-13-18-19(31-20)33(17-9-7-14(12-27)8-10-17)21(30-18)29-16-6-4-5-15(11-16)23(24,25)26/h4-6,11,13-14,17H,7-10,12,27H2,1-3H3,(H,29,30)(H,28,31,32)/t14-,17-. The molecule has 2 heterocycles. The van der Waals surface area contributed by atoms with E-state index in [1.807, 2.05) is 25.3 Å². The Labute approximate surface area is 191 Å². The van der Waals surface area contributed by atoms with E-state index in [0.29, 0.717) is 41.2 Å². The number of alkyl halides is 3. The minimum absolute atomic E-state index is 0.114. The third-order valence-corrected chi connectivity index (χ3v) is 5.88. The van der Waals surface area contributed by atoms with Crippen molar-refractivity contribution in [2.75, 3.05) is 17.2 Å². The highest BCUT2D eigenvalue weighted by Gasteiger charge is 2.31. The molecule has 1 fully saturated rings. The summed E-state index contributed by atoms with van der Waals surface area (Å²) in [6.07, 6.45) is 1.00. The molecule has 1 aliphatic carbocycles. The Morgan fingerprint density at radius 3 is 2.45 bits per heavy atom. The number of hydrogen-bond donors (Lipinski definition) is 3. The van der Waals surface area contributed by atoms with Gasteiger partial charge in [0.1, 0.15) is 5.52 Å². The van der Waals surface area contributed by atoms with Gasteiger partial charge in [-0.2, -0.15) is 18.2 Å². The van der Waals surface area contributed by atoms with Crippen molar-refractivity contribution in [3.8, 4) is 0 Å². The molecular formula is C23H30F3N7. The fourth-order valence-electron chi connectivity index (χ4n) is 4.26. The van der Waals surface area contributed by atoms with Crippen molar-refractivity contribution in [1.29, 1.82) is 0 Å². The first-order valence-electron chi connectivity index (χ1n) is 11.2. The zero-order valence-corrected chi connectivity index (χ0v) is 19.1. The van der Waals surface area contributed by atoms with Gasteiger partial charge in [0.05, 0.1) is 11.8 Å². The van der Waals surface area contributed by atoms with E-state index in [0.717, 1.165) is 37.8 Å². The highest BCUT2D eigenvalue weighted by molar-refractivity contribution is 5.76. The maximum absolute atomic E-state index is 13.2. The summed E-state index contributed by atoms with van der Waals surface area (Å²) in [5.74, 6) is 1.43. The first kappa shape index (κ1) is 23.3. The van der Waals surface area contributed by atoms with Crippen molar-refractivity contribution in [3.63, 3.8) is 0 Å². The summed E-state index contributed by atoms with van der Waals surface area (Å²) in [7, 11) is 0. The topological polar surface area (TPSA) is 93.7 Å². The van der Waals surface area contributed by atoms with Crippen molar-refractivity contribution in [2.45, 2.75) is 64.2 Å². The monoisotopic (exact) mass is 461 g/mol. The van der Waals surface area contributed by atoms with Crippen LogP contribution in [0.25, 0.3) is 11.2 Å². The van der Waals surface area contributed by atoms with E-state index in [4.69, 9.17) is 10.7 Å². The SMILES string of the molecule is CC(C)(C)Nc1ncc2nc(Nc3cccc(C(F)(F)F)c3)n([C@H]3CC[C@H](CN)CC3)c2n1.